The molecule has 1 nitrogen and oxygen atoms in total. The van der Waals surface area contributed by atoms with E-state index in [9.17, 15) is 0 Å². The van der Waals surface area contributed by atoms with Gasteiger partial charge in [0.2, 0.25) is 0 Å². The van der Waals surface area contributed by atoms with Gasteiger partial charge in [-0.2, -0.15) is 0 Å². The van der Waals surface area contributed by atoms with Gasteiger partial charge in [-0.15, -0.1) is 0 Å². The number of rotatable bonds is 2. The lowest BCUT2D eigenvalue weighted by Gasteiger charge is -2.34. The third-order valence-corrected chi connectivity index (χ3v) is 2.41. The molecular formula is C9H21N. The number of hydrogen-bond donors (Lipinski definition) is 0. The van der Waals surface area contributed by atoms with Crippen molar-refractivity contribution in [3.63, 3.8) is 0 Å². The van der Waals surface area contributed by atoms with E-state index in [1.54, 1.807) is 0 Å². The summed E-state index contributed by atoms with van der Waals surface area (Å²) in [5.74, 6) is 0. The van der Waals surface area contributed by atoms with Gasteiger partial charge in [-0.3, -0.25) is 0 Å². The van der Waals surface area contributed by atoms with Crippen LogP contribution in [0.3, 0.4) is 0 Å². The lowest BCUT2D eigenvalue weighted by molar-refractivity contribution is 0.147. The molecular weight excluding hydrogens is 122 g/mol. The standard InChI is InChI=1S/C9H21N/c1-7-10(6)8(2)9(3,4)5/h8H,7H2,1-6H3/t8-/m1/s1. The van der Waals surface area contributed by atoms with E-state index in [1.165, 1.54) is 0 Å². The molecule has 0 heterocycles. The molecule has 0 fully saturated rings. The predicted octanol–water partition coefficient (Wildman–Crippen LogP) is 2.37. The Morgan fingerprint density at radius 1 is 1.30 bits per heavy atom. The van der Waals surface area contributed by atoms with Crippen molar-refractivity contribution >= 4 is 0 Å². The Morgan fingerprint density at radius 2 is 1.70 bits per heavy atom. The SMILES string of the molecule is CCN(C)[C@H](C)C(C)(C)C. The zero-order valence-electron chi connectivity index (χ0n) is 8.23. The van der Waals surface area contributed by atoms with E-state index in [0.717, 1.165) is 6.54 Å². The fourth-order valence-electron chi connectivity index (χ4n) is 0.935. The molecule has 0 bridgehead atoms. The van der Waals surface area contributed by atoms with Crippen LogP contribution in [0.4, 0.5) is 0 Å². The molecule has 0 saturated carbocycles. The average Bonchev–Trinajstić information content (AvgIpc) is 1.83. The lowest BCUT2D eigenvalue weighted by Crippen LogP contribution is -2.38. The second-order valence-corrected chi connectivity index (χ2v) is 4.12. The summed E-state index contributed by atoms with van der Waals surface area (Å²) in [6.07, 6.45) is 0. The molecule has 0 spiro atoms. The largest absolute Gasteiger partial charge is 0.303 e. The minimum absolute atomic E-state index is 0.408. The van der Waals surface area contributed by atoms with E-state index < -0.39 is 0 Å². The van der Waals surface area contributed by atoms with Gasteiger partial charge in [0.25, 0.3) is 0 Å². The molecule has 0 aromatic heterocycles. The summed E-state index contributed by atoms with van der Waals surface area (Å²) in [6.45, 7) is 12.5. The lowest BCUT2D eigenvalue weighted by atomic mass is 9.87. The highest BCUT2D eigenvalue weighted by atomic mass is 15.1. The van der Waals surface area contributed by atoms with Crippen LogP contribution in [0.2, 0.25) is 0 Å². The third-order valence-electron chi connectivity index (χ3n) is 2.41. The fraction of sp³-hybridized carbons (Fsp3) is 1.00. The first-order valence-corrected chi connectivity index (χ1v) is 4.09. The maximum atomic E-state index is 2.38. The van der Waals surface area contributed by atoms with Crippen LogP contribution in [0, 0.1) is 5.41 Å². The van der Waals surface area contributed by atoms with E-state index in [-0.39, 0.29) is 0 Å². The highest BCUT2D eigenvalue weighted by Crippen LogP contribution is 2.22. The van der Waals surface area contributed by atoms with Crippen molar-refractivity contribution in [1.82, 2.24) is 4.90 Å². The van der Waals surface area contributed by atoms with Gasteiger partial charge in [0.15, 0.2) is 0 Å². The van der Waals surface area contributed by atoms with Crippen molar-refractivity contribution in [2.45, 2.75) is 40.7 Å². The van der Waals surface area contributed by atoms with Crippen LogP contribution in [0.1, 0.15) is 34.6 Å². The van der Waals surface area contributed by atoms with Gasteiger partial charge in [0.05, 0.1) is 0 Å². The Labute approximate surface area is 65.4 Å². The van der Waals surface area contributed by atoms with Gasteiger partial charge < -0.3 is 4.90 Å². The quantitative estimate of drug-likeness (QED) is 0.573. The Kier molecular flexibility index (Phi) is 3.37. The summed E-state index contributed by atoms with van der Waals surface area (Å²) in [4.78, 5) is 2.38. The van der Waals surface area contributed by atoms with Crippen LogP contribution in [-0.4, -0.2) is 24.5 Å². The minimum atomic E-state index is 0.408. The fourth-order valence-corrected chi connectivity index (χ4v) is 0.935. The zero-order chi connectivity index (χ0) is 8.36. The topological polar surface area (TPSA) is 3.24 Å². The van der Waals surface area contributed by atoms with Crippen LogP contribution >= 0.6 is 0 Å². The molecule has 10 heavy (non-hydrogen) atoms. The Hall–Kier alpha value is -0.0400. The molecule has 0 N–H and O–H groups in total. The molecule has 0 aliphatic heterocycles. The van der Waals surface area contributed by atoms with Crippen LogP contribution < -0.4 is 0 Å². The van der Waals surface area contributed by atoms with E-state index >= 15 is 0 Å². The van der Waals surface area contributed by atoms with Gasteiger partial charge >= 0.3 is 0 Å². The average molecular weight is 143 g/mol. The van der Waals surface area contributed by atoms with Crippen molar-refractivity contribution in [1.29, 1.82) is 0 Å². The second-order valence-electron chi connectivity index (χ2n) is 4.12. The summed E-state index contributed by atoms with van der Waals surface area (Å²) < 4.78 is 0. The summed E-state index contributed by atoms with van der Waals surface area (Å²) in [5.41, 5.74) is 0.408. The second kappa shape index (κ2) is 3.38. The van der Waals surface area contributed by atoms with E-state index in [4.69, 9.17) is 0 Å². The highest BCUT2D eigenvalue weighted by molar-refractivity contribution is 4.76. The molecule has 0 unspecified atom stereocenters. The predicted molar refractivity (Wildman–Crippen MR) is 47.2 cm³/mol. The minimum Gasteiger partial charge on any atom is -0.303 e. The molecule has 0 aromatic carbocycles. The Bertz CT molecular complexity index is 91.4. The molecule has 0 radical (unpaired) electrons. The number of nitrogens with zero attached hydrogens (tertiary/aromatic N) is 1. The molecule has 62 valence electrons. The first-order chi connectivity index (χ1) is 4.39. The van der Waals surface area contributed by atoms with E-state index in [2.05, 4.69) is 46.6 Å². The first-order valence-electron chi connectivity index (χ1n) is 4.09. The molecule has 0 aliphatic carbocycles. The van der Waals surface area contributed by atoms with Gasteiger partial charge in [-0.25, -0.2) is 0 Å². The number of hydrogen-bond acceptors (Lipinski definition) is 1. The van der Waals surface area contributed by atoms with Crippen LogP contribution in [0.5, 0.6) is 0 Å². The molecule has 0 aromatic rings. The molecule has 1 heteroatoms. The Morgan fingerprint density at radius 3 is 1.80 bits per heavy atom. The summed E-state index contributed by atoms with van der Waals surface area (Å²) in [6, 6.07) is 0.664. The van der Waals surface area contributed by atoms with Crippen molar-refractivity contribution in [3.8, 4) is 0 Å². The first kappa shape index (κ1) is 9.96. The molecule has 0 rings (SSSR count). The van der Waals surface area contributed by atoms with Crippen molar-refractivity contribution in [3.05, 3.63) is 0 Å². The molecule has 0 aliphatic rings. The van der Waals surface area contributed by atoms with E-state index in [0.29, 0.717) is 11.5 Å². The zero-order valence-corrected chi connectivity index (χ0v) is 8.23. The van der Waals surface area contributed by atoms with Crippen LogP contribution in [0.15, 0.2) is 0 Å². The van der Waals surface area contributed by atoms with Crippen molar-refractivity contribution < 1.29 is 0 Å². The van der Waals surface area contributed by atoms with Crippen LogP contribution in [-0.2, 0) is 0 Å². The Balaban J connectivity index is 3.94. The summed E-state index contributed by atoms with van der Waals surface area (Å²) in [5, 5.41) is 0. The van der Waals surface area contributed by atoms with Gasteiger partial charge in [0, 0.05) is 6.04 Å². The van der Waals surface area contributed by atoms with Crippen LogP contribution in [0.25, 0.3) is 0 Å². The summed E-state index contributed by atoms with van der Waals surface area (Å²) in [7, 11) is 2.18. The maximum absolute atomic E-state index is 2.38. The smallest absolute Gasteiger partial charge is 0.0112 e. The molecule has 1 atom stereocenters. The normalized spacial score (nSPS) is 15.9. The molecule has 0 amide bonds. The van der Waals surface area contributed by atoms with E-state index in [1.807, 2.05) is 0 Å². The van der Waals surface area contributed by atoms with Gasteiger partial charge in [-0.1, -0.05) is 27.7 Å². The van der Waals surface area contributed by atoms with Gasteiger partial charge in [0.1, 0.15) is 0 Å². The van der Waals surface area contributed by atoms with Crippen molar-refractivity contribution in [2.75, 3.05) is 13.6 Å². The molecule has 0 saturated heterocycles. The van der Waals surface area contributed by atoms with Crippen molar-refractivity contribution in [2.24, 2.45) is 5.41 Å². The maximum Gasteiger partial charge on any atom is 0.0112 e. The van der Waals surface area contributed by atoms with Gasteiger partial charge in [-0.05, 0) is 25.9 Å². The highest BCUT2D eigenvalue weighted by Gasteiger charge is 2.22. The summed E-state index contributed by atoms with van der Waals surface area (Å²) >= 11 is 0. The third kappa shape index (κ3) is 2.70. The monoisotopic (exact) mass is 143 g/mol.